The average molecular weight is 278 g/mol. The lowest BCUT2D eigenvalue weighted by Crippen LogP contribution is -2.59. The van der Waals surface area contributed by atoms with Crippen LogP contribution in [0.2, 0.25) is 0 Å². The molecule has 0 spiro atoms. The molecule has 108 valence electrons. The summed E-state index contributed by atoms with van der Waals surface area (Å²) in [7, 11) is 1.56. The van der Waals surface area contributed by atoms with Gasteiger partial charge in [-0.3, -0.25) is 14.9 Å². The normalized spacial score (nSPS) is 16.1. The number of hydrogen-bond donors (Lipinski definition) is 2. The second-order valence-corrected chi connectivity index (χ2v) is 5.03. The van der Waals surface area contributed by atoms with Crippen LogP contribution in [0.25, 0.3) is 0 Å². The Morgan fingerprint density at radius 1 is 1.40 bits per heavy atom. The molecule has 6 nitrogen and oxygen atoms in total. The Morgan fingerprint density at radius 3 is 2.75 bits per heavy atom. The van der Waals surface area contributed by atoms with Gasteiger partial charge in [0.1, 0.15) is 5.75 Å². The fourth-order valence-corrected chi connectivity index (χ4v) is 2.00. The molecule has 0 unspecified atom stereocenters. The van der Waals surface area contributed by atoms with Crippen molar-refractivity contribution in [3.8, 4) is 5.75 Å². The minimum atomic E-state index is -0.625. The second-order valence-electron chi connectivity index (χ2n) is 5.03. The third kappa shape index (κ3) is 3.79. The highest BCUT2D eigenvalue weighted by Gasteiger charge is 2.36. The van der Waals surface area contributed by atoms with E-state index in [1.54, 1.807) is 31.4 Å². The maximum absolute atomic E-state index is 11.8. The first-order valence-electron chi connectivity index (χ1n) is 6.33. The smallest absolute Gasteiger partial charge is 0.230 e. The minimum absolute atomic E-state index is 0.0941. The van der Waals surface area contributed by atoms with E-state index in [2.05, 4.69) is 5.32 Å². The molecule has 1 heterocycles. The number of carbonyl (C=O) groups excluding carboxylic acids is 2. The van der Waals surface area contributed by atoms with Crippen LogP contribution in [0.3, 0.4) is 0 Å². The predicted molar refractivity (Wildman–Crippen MR) is 72.2 cm³/mol. The lowest BCUT2D eigenvalue weighted by Gasteiger charge is -2.36. The van der Waals surface area contributed by atoms with E-state index in [1.807, 2.05) is 0 Å². The van der Waals surface area contributed by atoms with Gasteiger partial charge in [0.15, 0.2) is 0 Å². The predicted octanol–water partition coefficient (Wildman–Crippen LogP) is -0.00170. The standard InChI is InChI=1S/C14H18N2O4/c1-19-11-4-2-3-10(5-11)6-12(17)16-13(18)7-14(15)8-20-9-14/h2-5H,6-9,15H2,1H3,(H,16,17,18). The van der Waals surface area contributed by atoms with Gasteiger partial charge in [0.2, 0.25) is 11.8 Å². The molecule has 2 amide bonds. The zero-order chi connectivity index (χ0) is 14.6. The van der Waals surface area contributed by atoms with E-state index in [0.29, 0.717) is 19.0 Å². The van der Waals surface area contributed by atoms with Crippen LogP contribution < -0.4 is 15.8 Å². The highest BCUT2D eigenvalue weighted by molar-refractivity contribution is 5.96. The highest BCUT2D eigenvalue weighted by atomic mass is 16.5. The minimum Gasteiger partial charge on any atom is -0.497 e. The lowest BCUT2D eigenvalue weighted by molar-refractivity contribution is -0.134. The first-order valence-corrected chi connectivity index (χ1v) is 6.33. The van der Waals surface area contributed by atoms with E-state index in [1.165, 1.54) is 0 Å². The van der Waals surface area contributed by atoms with Gasteiger partial charge in [0.25, 0.3) is 0 Å². The molecule has 0 aliphatic carbocycles. The zero-order valence-electron chi connectivity index (χ0n) is 11.3. The Labute approximate surface area is 117 Å². The third-order valence-electron chi connectivity index (χ3n) is 3.07. The van der Waals surface area contributed by atoms with Crippen molar-refractivity contribution in [3.63, 3.8) is 0 Å². The van der Waals surface area contributed by atoms with E-state index in [9.17, 15) is 9.59 Å². The first kappa shape index (κ1) is 14.5. The summed E-state index contributed by atoms with van der Waals surface area (Å²) in [5, 5.41) is 2.34. The van der Waals surface area contributed by atoms with Crippen LogP contribution >= 0.6 is 0 Å². The molecule has 1 aliphatic rings. The van der Waals surface area contributed by atoms with Crippen LogP contribution in [0.5, 0.6) is 5.75 Å². The number of carbonyl (C=O) groups is 2. The average Bonchev–Trinajstić information content (AvgIpc) is 2.36. The topological polar surface area (TPSA) is 90.7 Å². The van der Waals surface area contributed by atoms with Crippen LogP contribution in [-0.2, 0) is 20.7 Å². The van der Waals surface area contributed by atoms with Crippen molar-refractivity contribution in [1.29, 1.82) is 0 Å². The van der Waals surface area contributed by atoms with Crippen molar-refractivity contribution in [3.05, 3.63) is 29.8 Å². The van der Waals surface area contributed by atoms with Crippen LogP contribution in [0.15, 0.2) is 24.3 Å². The van der Waals surface area contributed by atoms with Crippen LogP contribution in [-0.4, -0.2) is 37.7 Å². The number of rotatable bonds is 5. The number of benzene rings is 1. The molecule has 0 saturated carbocycles. The molecule has 1 aromatic carbocycles. The molecule has 1 aliphatic heterocycles. The van der Waals surface area contributed by atoms with Gasteiger partial charge >= 0.3 is 0 Å². The Morgan fingerprint density at radius 2 is 2.15 bits per heavy atom. The largest absolute Gasteiger partial charge is 0.497 e. The van der Waals surface area contributed by atoms with Crippen LogP contribution in [0, 0.1) is 0 Å². The fraction of sp³-hybridized carbons (Fsp3) is 0.429. The molecule has 1 fully saturated rings. The van der Waals surface area contributed by atoms with E-state index in [4.69, 9.17) is 15.2 Å². The van der Waals surface area contributed by atoms with E-state index in [-0.39, 0.29) is 24.7 Å². The Bertz CT molecular complexity index is 512. The van der Waals surface area contributed by atoms with Crippen molar-refractivity contribution in [2.75, 3.05) is 20.3 Å². The number of nitrogens with one attached hydrogen (secondary N) is 1. The molecule has 0 atom stereocenters. The molecular weight excluding hydrogens is 260 g/mol. The summed E-state index contributed by atoms with van der Waals surface area (Å²) in [6, 6.07) is 7.15. The van der Waals surface area contributed by atoms with E-state index >= 15 is 0 Å². The molecular formula is C14H18N2O4. The summed E-state index contributed by atoms with van der Waals surface area (Å²) >= 11 is 0. The maximum atomic E-state index is 11.8. The molecule has 20 heavy (non-hydrogen) atoms. The van der Waals surface area contributed by atoms with Crippen molar-refractivity contribution >= 4 is 11.8 Å². The number of methoxy groups -OCH3 is 1. The Kier molecular flexibility index (Phi) is 4.36. The third-order valence-corrected chi connectivity index (χ3v) is 3.07. The van der Waals surface area contributed by atoms with Gasteiger partial charge in [-0.1, -0.05) is 12.1 Å². The molecule has 2 rings (SSSR count). The Hall–Kier alpha value is -1.92. The van der Waals surface area contributed by atoms with Crippen LogP contribution in [0.1, 0.15) is 12.0 Å². The summed E-state index contributed by atoms with van der Waals surface area (Å²) < 4.78 is 10.0. The van der Waals surface area contributed by atoms with Gasteiger partial charge in [-0.2, -0.15) is 0 Å². The molecule has 3 N–H and O–H groups in total. The van der Waals surface area contributed by atoms with E-state index in [0.717, 1.165) is 5.56 Å². The van der Waals surface area contributed by atoms with Crippen molar-refractivity contribution in [2.24, 2.45) is 5.73 Å². The number of hydrogen-bond acceptors (Lipinski definition) is 5. The fourth-order valence-electron chi connectivity index (χ4n) is 2.00. The molecule has 0 aromatic heterocycles. The van der Waals surface area contributed by atoms with Gasteiger partial charge in [-0.25, -0.2) is 0 Å². The van der Waals surface area contributed by atoms with Gasteiger partial charge in [-0.15, -0.1) is 0 Å². The zero-order valence-corrected chi connectivity index (χ0v) is 11.3. The molecule has 6 heteroatoms. The van der Waals surface area contributed by atoms with Crippen molar-refractivity contribution < 1.29 is 19.1 Å². The van der Waals surface area contributed by atoms with Crippen LogP contribution in [0.4, 0.5) is 0 Å². The molecule has 0 radical (unpaired) electrons. The van der Waals surface area contributed by atoms with Gasteiger partial charge < -0.3 is 15.2 Å². The maximum Gasteiger partial charge on any atom is 0.230 e. The van der Waals surface area contributed by atoms with Crippen molar-refractivity contribution in [1.82, 2.24) is 5.32 Å². The first-order chi connectivity index (χ1) is 9.50. The molecule has 1 saturated heterocycles. The molecule has 1 aromatic rings. The Balaban J connectivity index is 1.83. The number of ether oxygens (including phenoxy) is 2. The van der Waals surface area contributed by atoms with E-state index < -0.39 is 5.54 Å². The number of imide groups is 1. The summed E-state index contributed by atoms with van der Waals surface area (Å²) in [6.45, 7) is 0.703. The highest BCUT2D eigenvalue weighted by Crippen LogP contribution is 2.17. The number of nitrogens with two attached hydrogens (primary N) is 1. The van der Waals surface area contributed by atoms with Gasteiger partial charge in [0.05, 0.1) is 32.3 Å². The van der Waals surface area contributed by atoms with Gasteiger partial charge in [0, 0.05) is 6.42 Å². The quantitative estimate of drug-likeness (QED) is 0.791. The lowest BCUT2D eigenvalue weighted by atomic mass is 9.94. The van der Waals surface area contributed by atoms with Gasteiger partial charge in [-0.05, 0) is 17.7 Å². The molecule has 0 bridgehead atoms. The summed E-state index contributed by atoms with van der Waals surface area (Å²) in [4.78, 5) is 23.5. The summed E-state index contributed by atoms with van der Waals surface area (Å²) in [6.07, 6.45) is 0.216. The SMILES string of the molecule is COc1cccc(CC(=O)NC(=O)CC2(N)COC2)c1. The number of amides is 2. The summed E-state index contributed by atoms with van der Waals surface area (Å²) in [5.74, 6) is -0.0510. The summed E-state index contributed by atoms with van der Waals surface area (Å²) in [5.41, 5.74) is 6.01. The van der Waals surface area contributed by atoms with Crippen molar-refractivity contribution in [2.45, 2.75) is 18.4 Å². The second kappa shape index (κ2) is 6.02. The monoisotopic (exact) mass is 278 g/mol.